The zero-order valence-corrected chi connectivity index (χ0v) is 19.1. The Morgan fingerprint density at radius 2 is 1.91 bits per heavy atom. The Hall–Kier alpha value is -3.42. The lowest BCUT2D eigenvalue weighted by Gasteiger charge is -2.27. The molecule has 0 bridgehead atoms. The molecule has 1 aliphatic heterocycles. The Morgan fingerprint density at radius 3 is 2.53 bits per heavy atom. The molecule has 0 aliphatic carbocycles. The molecule has 0 radical (unpaired) electrons. The maximum absolute atomic E-state index is 13.5. The summed E-state index contributed by atoms with van der Waals surface area (Å²) in [5.41, 5.74) is 1.90. The van der Waals surface area contributed by atoms with Gasteiger partial charge in [0, 0.05) is 24.6 Å². The second-order valence-electron chi connectivity index (χ2n) is 8.82. The first-order chi connectivity index (χ1) is 15.1. The molecule has 0 saturated carbocycles. The van der Waals surface area contributed by atoms with Crippen LogP contribution in [0.4, 0.5) is 9.18 Å². The minimum atomic E-state index is -0.420. The van der Waals surface area contributed by atoms with Gasteiger partial charge in [0.2, 0.25) is 0 Å². The number of hydrogen-bond acceptors (Lipinski definition) is 4. The number of rotatable bonds is 5. The average molecular weight is 441 g/mol. The number of urea groups is 1. The third-order valence-corrected chi connectivity index (χ3v) is 5.02. The van der Waals surface area contributed by atoms with Gasteiger partial charge >= 0.3 is 6.03 Å². The van der Waals surface area contributed by atoms with Gasteiger partial charge in [-0.15, -0.1) is 0 Å². The van der Waals surface area contributed by atoms with Crippen LogP contribution in [0.15, 0.2) is 53.6 Å². The summed E-state index contributed by atoms with van der Waals surface area (Å²) in [5.74, 6) is 0.00724. The summed E-state index contributed by atoms with van der Waals surface area (Å²) < 4.78 is 18.8. The fourth-order valence-corrected chi connectivity index (χ4v) is 3.43. The van der Waals surface area contributed by atoms with Gasteiger partial charge in [0.1, 0.15) is 18.1 Å². The molecule has 0 aromatic heterocycles. The topological polar surface area (TPSA) is 74.2 Å². The van der Waals surface area contributed by atoms with Crippen LogP contribution in [-0.4, -0.2) is 53.8 Å². The molecule has 1 N–H and O–H groups in total. The summed E-state index contributed by atoms with van der Waals surface area (Å²) in [7, 11) is 3.15. The number of nitrogens with zero attached hydrogens (tertiary/aromatic N) is 3. The van der Waals surface area contributed by atoms with E-state index in [2.05, 4.69) is 10.4 Å². The number of ether oxygens (including phenoxy) is 1. The van der Waals surface area contributed by atoms with Crippen molar-refractivity contribution < 1.29 is 18.7 Å². The van der Waals surface area contributed by atoms with Crippen molar-refractivity contribution in [3.05, 3.63) is 65.5 Å². The molecule has 3 amide bonds. The van der Waals surface area contributed by atoms with Gasteiger partial charge in [-0.05, 0) is 50.6 Å². The molecule has 0 saturated heterocycles. The van der Waals surface area contributed by atoms with Gasteiger partial charge in [0.25, 0.3) is 5.91 Å². The van der Waals surface area contributed by atoms with Crippen molar-refractivity contribution in [3.63, 3.8) is 0 Å². The third-order valence-electron chi connectivity index (χ3n) is 5.02. The van der Waals surface area contributed by atoms with Crippen LogP contribution in [0.25, 0.3) is 0 Å². The van der Waals surface area contributed by atoms with Crippen LogP contribution in [0.2, 0.25) is 0 Å². The third kappa shape index (κ3) is 5.63. The highest BCUT2D eigenvalue weighted by Gasteiger charge is 2.34. The van der Waals surface area contributed by atoms with Crippen LogP contribution in [0, 0.1) is 5.82 Å². The van der Waals surface area contributed by atoms with Gasteiger partial charge in [0.05, 0.1) is 18.9 Å². The van der Waals surface area contributed by atoms with Crippen molar-refractivity contribution in [1.29, 1.82) is 0 Å². The maximum atomic E-state index is 13.5. The number of nitrogens with one attached hydrogen (secondary N) is 1. The minimum absolute atomic E-state index is 0.144. The summed E-state index contributed by atoms with van der Waals surface area (Å²) in [6.07, 6.45) is 0.461. The molecule has 0 unspecified atom stereocenters. The van der Waals surface area contributed by atoms with E-state index < -0.39 is 11.6 Å². The number of carbonyl (C=O) groups is 2. The number of amides is 3. The van der Waals surface area contributed by atoms with Crippen LogP contribution in [-0.2, 0) is 4.79 Å². The van der Waals surface area contributed by atoms with Crippen LogP contribution in [0.3, 0.4) is 0 Å². The quantitative estimate of drug-likeness (QED) is 0.765. The molecule has 0 fully saturated rings. The lowest BCUT2D eigenvalue weighted by atomic mass is 9.98. The van der Waals surface area contributed by atoms with Crippen molar-refractivity contribution >= 4 is 17.6 Å². The fourth-order valence-electron chi connectivity index (χ4n) is 3.43. The van der Waals surface area contributed by atoms with E-state index in [9.17, 15) is 14.0 Å². The number of hydrogen-bond donors (Lipinski definition) is 1. The number of halogens is 1. The van der Waals surface area contributed by atoms with Crippen molar-refractivity contribution in [2.45, 2.75) is 38.8 Å². The van der Waals surface area contributed by atoms with Crippen LogP contribution < -0.4 is 10.1 Å². The van der Waals surface area contributed by atoms with Gasteiger partial charge in [-0.3, -0.25) is 4.79 Å². The molecule has 0 spiro atoms. The van der Waals surface area contributed by atoms with E-state index >= 15 is 0 Å². The molecule has 1 heterocycles. The normalized spacial score (nSPS) is 15.9. The number of benzene rings is 2. The lowest BCUT2D eigenvalue weighted by molar-refractivity contribution is -0.133. The van der Waals surface area contributed by atoms with Crippen molar-refractivity contribution in [2.24, 2.45) is 5.10 Å². The Bertz CT molecular complexity index is 1010. The molecule has 2 aromatic rings. The Balaban J connectivity index is 1.86. The van der Waals surface area contributed by atoms with E-state index in [1.807, 2.05) is 45.0 Å². The summed E-state index contributed by atoms with van der Waals surface area (Å²) in [4.78, 5) is 26.9. The van der Waals surface area contributed by atoms with Crippen LogP contribution in [0.1, 0.15) is 44.4 Å². The Labute approximate surface area is 187 Å². The maximum Gasteiger partial charge on any atom is 0.318 e. The Kier molecular flexibility index (Phi) is 6.81. The number of methoxy groups -OCH3 is 1. The summed E-state index contributed by atoms with van der Waals surface area (Å²) in [6.45, 7) is 5.47. The minimum Gasteiger partial charge on any atom is -0.497 e. The van der Waals surface area contributed by atoms with E-state index in [1.54, 1.807) is 26.3 Å². The first-order valence-corrected chi connectivity index (χ1v) is 10.4. The summed E-state index contributed by atoms with van der Waals surface area (Å²) in [6, 6.07) is 12.7. The predicted octanol–water partition coefficient (Wildman–Crippen LogP) is 3.95. The highest BCUT2D eigenvalue weighted by molar-refractivity contribution is 6.03. The summed E-state index contributed by atoms with van der Waals surface area (Å²) >= 11 is 0. The molecule has 7 nitrogen and oxygen atoms in total. The Morgan fingerprint density at radius 1 is 1.22 bits per heavy atom. The van der Waals surface area contributed by atoms with Gasteiger partial charge in [-0.1, -0.05) is 24.3 Å². The van der Waals surface area contributed by atoms with Crippen LogP contribution in [0.5, 0.6) is 5.75 Å². The van der Waals surface area contributed by atoms with E-state index in [4.69, 9.17) is 4.74 Å². The standard InChI is InChI=1S/C24H29FN4O3/c1-24(2,3)26-23(31)28(4)15-22(30)29-21(16-9-11-18(25)12-10-16)14-20(27-29)17-7-6-8-19(13-17)32-5/h6-13,21H,14-15H2,1-5H3,(H,26,31)/t21-/m0/s1. The van der Waals surface area contributed by atoms with Gasteiger partial charge in [-0.2, -0.15) is 5.10 Å². The molecule has 2 aromatic carbocycles. The van der Waals surface area contributed by atoms with E-state index in [0.717, 1.165) is 11.1 Å². The number of likely N-dealkylation sites (N-methyl/N-ethyl adjacent to an activating group) is 1. The lowest BCUT2D eigenvalue weighted by Crippen LogP contribution is -2.49. The largest absolute Gasteiger partial charge is 0.497 e. The zero-order valence-electron chi connectivity index (χ0n) is 19.1. The SMILES string of the molecule is COc1cccc(C2=NN(C(=O)CN(C)C(=O)NC(C)(C)C)[C@H](c3ccc(F)cc3)C2)c1. The molecule has 8 heteroatoms. The molecular formula is C24H29FN4O3. The second kappa shape index (κ2) is 9.38. The van der Waals surface area contributed by atoms with Crippen molar-refractivity contribution in [1.82, 2.24) is 15.2 Å². The predicted molar refractivity (Wildman–Crippen MR) is 121 cm³/mol. The first kappa shape index (κ1) is 23.2. The highest BCUT2D eigenvalue weighted by Crippen LogP contribution is 2.33. The molecule has 1 aliphatic rings. The molecular weight excluding hydrogens is 411 g/mol. The van der Waals surface area contributed by atoms with Crippen molar-refractivity contribution in [2.75, 3.05) is 20.7 Å². The highest BCUT2D eigenvalue weighted by atomic mass is 19.1. The monoisotopic (exact) mass is 440 g/mol. The van der Waals surface area contributed by atoms with E-state index in [0.29, 0.717) is 17.9 Å². The van der Waals surface area contributed by atoms with E-state index in [1.165, 1.54) is 22.0 Å². The van der Waals surface area contributed by atoms with Crippen LogP contribution >= 0.6 is 0 Å². The number of hydrazone groups is 1. The zero-order chi connectivity index (χ0) is 23.5. The number of carbonyl (C=O) groups excluding carboxylic acids is 2. The molecule has 1 atom stereocenters. The fraction of sp³-hybridized carbons (Fsp3) is 0.375. The molecule has 170 valence electrons. The van der Waals surface area contributed by atoms with Gasteiger partial charge in [-0.25, -0.2) is 14.2 Å². The van der Waals surface area contributed by atoms with Gasteiger partial charge < -0.3 is 15.0 Å². The smallest absolute Gasteiger partial charge is 0.318 e. The first-order valence-electron chi connectivity index (χ1n) is 10.4. The van der Waals surface area contributed by atoms with Crippen molar-refractivity contribution in [3.8, 4) is 5.75 Å². The van der Waals surface area contributed by atoms with Gasteiger partial charge in [0.15, 0.2) is 0 Å². The second-order valence-corrected chi connectivity index (χ2v) is 8.82. The average Bonchev–Trinajstić information content (AvgIpc) is 3.18. The molecule has 32 heavy (non-hydrogen) atoms. The summed E-state index contributed by atoms with van der Waals surface area (Å²) in [5, 5.41) is 8.82. The van der Waals surface area contributed by atoms with E-state index in [-0.39, 0.29) is 24.3 Å². The molecule has 3 rings (SSSR count).